The molecule has 2 unspecified atom stereocenters. The van der Waals surface area contributed by atoms with E-state index in [4.69, 9.17) is 5.73 Å². The minimum absolute atomic E-state index is 0.151. The van der Waals surface area contributed by atoms with Crippen molar-refractivity contribution in [2.24, 2.45) is 17.6 Å². The van der Waals surface area contributed by atoms with Gasteiger partial charge in [-0.1, -0.05) is 12.8 Å². The van der Waals surface area contributed by atoms with Crippen LogP contribution in [0.5, 0.6) is 0 Å². The number of likely N-dealkylation sites (N-methyl/N-ethyl adjacent to an activating group) is 1. The molecule has 2 saturated carbocycles. The second kappa shape index (κ2) is 6.23. The van der Waals surface area contributed by atoms with Gasteiger partial charge in [-0.25, -0.2) is 0 Å². The van der Waals surface area contributed by atoms with Crippen molar-refractivity contribution in [1.82, 2.24) is 10.2 Å². The first-order valence-corrected chi connectivity index (χ1v) is 7.74. The normalized spacial score (nSPS) is 29.9. The molecule has 4 nitrogen and oxygen atoms in total. The summed E-state index contributed by atoms with van der Waals surface area (Å²) in [6.07, 6.45) is 8.22. The van der Waals surface area contributed by atoms with Crippen LogP contribution in [0.3, 0.4) is 0 Å². The van der Waals surface area contributed by atoms with Crippen LogP contribution in [-0.4, -0.2) is 43.5 Å². The van der Waals surface area contributed by atoms with E-state index < -0.39 is 0 Å². The lowest BCUT2D eigenvalue weighted by molar-refractivity contribution is -0.128. The molecule has 2 aliphatic rings. The van der Waals surface area contributed by atoms with E-state index in [0.29, 0.717) is 12.5 Å². The number of hydrogen-bond acceptors (Lipinski definition) is 3. The van der Waals surface area contributed by atoms with Crippen LogP contribution in [-0.2, 0) is 4.79 Å². The topological polar surface area (TPSA) is 58.4 Å². The molecular weight excluding hydrogens is 238 g/mol. The van der Waals surface area contributed by atoms with Crippen LogP contribution in [0.15, 0.2) is 0 Å². The van der Waals surface area contributed by atoms with Gasteiger partial charge in [0.15, 0.2) is 0 Å². The van der Waals surface area contributed by atoms with Crippen LogP contribution in [0.1, 0.15) is 44.9 Å². The standard InChI is InChI=1S/C15H29N3O/c1-18(2)15(8-5-9-15)11-17-14(19)13-7-4-3-6-12(13)10-16/h12-13H,3-11,16H2,1-2H3,(H,17,19). The van der Waals surface area contributed by atoms with E-state index in [1.54, 1.807) is 0 Å². The van der Waals surface area contributed by atoms with Crippen molar-refractivity contribution >= 4 is 5.91 Å². The van der Waals surface area contributed by atoms with Crippen molar-refractivity contribution in [3.8, 4) is 0 Å². The Morgan fingerprint density at radius 2 is 1.95 bits per heavy atom. The lowest BCUT2D eigenvalue weighted by Crippen LogP contribution is -2.58. The summed E-state index contributed by atoms with van der Waals surface area (Å²) in [5, 5.41) is 3.20. The zero-order chi connectivity index (χ0) is 13.9. The summed E-state index contributed by atoms with van der Waals surface area (Å²) in [5.74, 6) is 0.784. The highest BCUT2D eigenvalue weighted by molar-refractivity contribution is 5.79. The Morgan fingerprint density at radius 1 is 1.26 bits per heavy atom. The highest BCUT2D eigenvalue weighted by Gasteiger charge is 2.40. The Morgan fingerprint density at radius 3 is 2.47 bits per heavy atom. The first-order chi connectivity index (χ1) is 9.09. The predicted octanol–water partition coefficient (Wildman–Crippen LogP) is 1.35. The van der Waals surface area contributed by atoms with Gasteiger partial charge < -0.3 is 16.0 Å². The van der Waals surface area contributed by atoms with Gasteiger partial charge in [0.2, 0.25) is 5.91 Å². The number of carbonyl (C=O) groups is 1. The van der Waals surface area contributed by atoms with Gasteiger partial charge in [0.25, 0.3) is 0 Å². The summed E-state index contributed by atoms with van der Waals surface area (Å²) < 4.78 is 0. The first kappa shape index (κ1) is 14.8. The first-order valence-electron chi connectivity index (χ1n) is 7.74. The van der Waals surface area contributed by atoms with E-state index in [0.717, 1.165) is 19.4 Å². The van der Waals surface area contributed by atoms with E-state index in [-0.39, 0.29) is 17.4 Å². The lowest BCUT2D eigenvalue weighted by atomic mass is 9.75. The highest BCUT2D eigenvalue weighted by Crippen LogP contribution is 2.36. The van der Waals surface area contributed by atoms with E-state index in [2.05, 4.69) is 24.3 Å². The quantitative estimate of drug-likeness (QED) is 0.790. The Kier molecular flexibility index (Phi) is 4.85. The van der Waals surface area contributed by atoms with Crippen molar-refractivity contribution in [1.29, 1.82) is 0 Å². The van der Waals surface area contributed by atoms with Gasteiger partial charge in [-0.15, -0.1) is 0 Å². The van der Waals surface area contributed by atoms with Gasteiger partial charge in [0.1, 0.15) is 0 Å². The van der Waals surface area contributed by atoms with Crippen LogP contribution >= 0.6 is 0 Å². The average Bonchev–Trinajstić information content (AvgIpc) is 2.36. The maximum atomic E-state index is 12.4. The number of nitrogens with one attached hydrogen (secondary N) is 1. The fourth-order valence-corrected chi connectivity index (χ4v) is 3.58. The van der Waals surface area contributed by atoms with Crippen LogP contribution in [0.2, 0.25) is 0 Å². The molecule has 110 valence electrons. The molecule has 0 spiro atoms. The molecule has 0 aromatic heterocycles. The molecule has 2 fully saturated rings. The zero-order valence-electron chi connectivity index (χ0n) is 12.5. The monoisotopic (exact) mass is 267 g/mol. The van der Waals surface area contributed by atoms with Gasteiger partial charge in [0, 0.05) is 18.0 Å². The Bertz CT molecular complexity index is 313. The van der Waals surface area contributed by atoms with Crippen LogP contribution in [0, 0.1) is 11.8 Å². The van der Waals surface area contributed by atoms with E-state index in [1.165, 1.54) is 32.1 Å². The average molecular weight is 267 g/mol. The van der Waals surface area contributed by atoms with Crippen LogP contribution in [0.4, 0.5) is 0 Å². The van der Waals surface area contributed by atoms with Crippen molar-refractivity contribution in [2.45, 2.75) is 50.5 Å². The lowest BCUT2D eigenvalue weighted by Gasteiger charge is -2.47. The molecule has 0 radical (unpaired) electrons. The number of carbonyl (C=O) groups excluding carboxylic acids is 1. The fraction of sp³-hybridized carbons (Fsp3) is 0.933. The summed E-state index contributed by atoms with van der Waals surface area (Å²) in [5.41, 5.74) is 6.02. The summed E-state index contributed by atoms with van der Waals surface area (Å²) in [4.78, 5) is 14.7. The number of nitrogens with two attached hydrogens (primary N) is 1. The van der Waals surface area contributed by atoms with E-state index >= 15 is 0 Å². The van der Waals surface area contributed by atoms with E-state index in [9.17, 15) is 4.79 Å². The molecule has 3 N–H and O–H groups in total. The maximum Gasteiger partial charge on any atom is 0.223 e. The second-order valence-electron chi connectivity index (χ2n) is 6.58. The number of amides is 1. The molecule has 0 aromatic carbocycles. The van der Waals surface area contributed by atoms with Gasteiger partial charge in [-0.05, 0) is 58.7 Å². The molecule has 2 atom stereocenters. The molecule has 0 aliphatic heterocycles. The molecule has 2 aliphatic carbocycles. The molecule has 0 saturated heterocycles. The maximum absolute atomic E-state index is 12.4. The predicted molar refractivity (Wildman–Crippen MR) is 77.8 cm³/mol. The molecule has 1 amide bonds. The molecule has 0 heterocycles. The molecule has 2 rings (SSSR count). The summed E-state index contributed by atoms with van der Waals surface area (Å²) >= 11 is 0. The fourth-order valence-electron chi connectivity index (χ4n) is 3.58. The number of rotatable bonds is 5. The van der Waals surface area contributed by atoms with Crippen molar-refractivity contribution in [2.75, 3.05) is 27.2 Å². The molecular formula is C15H29N3O. The zero-order valence-corrected chi connectivity index (χ0v) is 12.5. The van der Waals surface area contributed by atoms with Gasteiger partial charge in [-0.2, -0.15) is 0 Å². The Balaban J connectivity index is 1.86. The third-order valence-corrected chi connectivity index (χ3v) is 5.37. The minimum Gasteiger partial charge on any atom is -0.354 e. The third-order valence-electron chi connectivity index (χ3n) is 5.37. The SMILES string of the molecule is CN(C)C1(CNC(=O)C2CCCCC2CN)CCC1. The molecule has 0 bridgehead atoms. The second-order valence-corrected chi connectivity index (χ2v) is 6.58. The third kappa shape index (κ3) is 3.11. The van der Waals surface area contributed by atoms with Gasteiger partial charge in [0.05, 0.1) is 0 Å². The van der Waals surface area contributed by atoms with Crippen LogP contribution in [0.25, 0.3) is 0 Å². The van der Waals surface area contributed by atoms with Crippen molar-refractivity contribution < 1.29 is 4.79 Å². The largest absolute Gasteiger partial charge is 0.354 e. The van der Waals surface area contributed by atoms with Crippen LogP contribution < -0.4 is 11.1 Å². The van der Waals surface area contributed by atoms with Gasteiger partial charge in [-0.3, -0.25) is 4.79 Å². The summed E-state index contributed by atoms with van der Waals surface area (Å²) in [6.45, 7) is 1.45. The summed E-state index contributed by atoms with van der Waals surface area (Å²) in [7, 11) is 4.24. The Hall–Kier alpha value is -0.610. The van der Waals surface area contributed by atoms with Crippen molar-refractivity contribution in [3.63, 3.8) is 0 Å². The molecule has 4 heteroatoms. The Labute approximate surface area is 117 Å². The molecule has 0 aromatic rings. The summed E-state index contributed by atoms with van der Waals surface area (Å²) in [6, 6.07) is 0. The van der Waals surface area contributed by atoms with Crippen molar-refractivity contribution in [3.05, 3.63) is 0 Å². The van der Waals surface area contributed by atoms with Gasteiger partial charge >= 0.3 is 0 Å². The number of hydrogen-bond donors (Lipinski definition) is 2. The molecule has 19 heavy (non-hydrogen) atoms. The highest BCUT2D eigenvalue weighted by atomic mass is 16.1. The minimum atomic E-state index is 0.151. The number of nitrogens with zero attached hydrogens (tertiary/aromatic N) is 1. The van der Waals surface area contributed by atoms with E-state index in [1.807, 2.05) is 0 Å². The smallest absolute Gasteiger partial charge is 0.223 e.